The number of amides is 2. The molecule has 0 bridgehead atoms. The summed E-state index contributed by atoms with van der Waals surface area (Å²) >= 11 is 12.2. The van der Waals surface area contributed by atoms with Gasteiger partial charge in [0.25, 0.3) is 5.91 Å². The molecular formula is C29H27Cl2N3O4. The summed E-state index contributed by atoms with van der Waals surface area (Å²) in [4.78, 5) is 43.4. The summed E-state index contributed by atoms with van der Waals surface area (Å²) < 4.78 is 4.65. The molecule has 5 rings (SSSR count). The molecule has 38 heavy (non-hydrogen) atoms. The van der Waals surface area contributed by atoms with Crippen LogP contribution in [0.5, 0.6) is 0 Å². The summed E-state index contributed by atoms with van der Waals surface area (Å²) in [6.07, 6.45) is 4.65. The normalized spacial score (nSPS) is 16.6. The molecule has 1 aliphatic heterocycles. The first-order chi connectivity index (χ1) is 18.3. The van der Waals surface area contributed by atoms with E-state index in [2.05, 4.69) is 15.0 Å². The Morgan fingerprint density at radius 2 is 1.68 bits per heavy atom. The molecule has 0 radical (unpaired) electrons. The van der Waals surface area contributed by atoms with Gasteiger partial charge in [-0.2, -0.15) is 0 Å². The van der Waals surface area contributed by atoms with Crippen molar-refractivity contribution in [2.24, 2.45) is 0 Å². The molecule has 9 heteroatoms. The number of esters is 1. The number of methoxy groups -OCH3 is 1. The Hall–Kier alpha value is -3.42. The van der Waals surface area contributed by atoms with Gasteiger partial charge in [0, 0.05) is 25.0 Å². The van der Waals surface area contributed by atoms with Crippen molar-refractivity contribution in [2.45, 2.75) is 37.0 Å². The van der Waals surface area contributed by atoms with Gasteiger partial charge in [0.15, 0.2) is 0 Å². The predicted molar refractivity (Wildman–Crippen MR) is 146 cm³/mol. The number of hydrogen-bond donors (Lipinski definition) is 1. The number of benzene rings is 2. The first-order valence-electron chi connectivity index (χ1n) is 12.5. The molecule has 2 heterocycles. The van der Waals surface area contributed by atoms with Gasteiger partial charge in [0.2, 0.25) is 5.91 Å². The van der Waals surface area contributed by atoms with Gasteiger partial charge in [0.1, 0.15) is 5.69 Å². The lowest BCUT2D eigenvalue weighted by atomic mass is 9.89. The number of piperidine rings is 1. The molecule has 2 fully saturated rings. The van der Waals surface area contributed by atoms with Crippen LogP contribution < -0.4 is 5.32 Å². The zero-order valence-corrected chi connectivity index (χ0v) is 22.4. The first kappa shape index (κ1) is 26.2. The van der Waals surface area contributed by atoms with Crippen LogP contribution in [0.3, 0.4) is 0 Å². The van der Waals surface area contributed by atoms with Crippen molar-refractivity contribution in [3.8, 4) is 0 Å². The summed E-state index contributed by atoms with van der Waals surface area (Å²) in [6, 6.07) is 16.5. The number of nitrogens with zero attached hydrogens (tertiary/aromatic N) is 2. The lowest BCUT2D eigenvalue weighted by Gasteiger charge is -2.32. The highest BCUT2D eigenvalue weighted by Crippen LogP contribution is 2.50. The maximum absolute atomic E-state index is 13.1. The van der Waals surface area contributed by atoms with E-state index in [1.165, 1.54) is 24.9 Å². The third-order valence-electron chi connectivity index (χ3n) is 7.48. The number of likely N-dealkylation sites (tertiary alicyclic amines) is 1. The van der Waals surface area contributed by atoms with E-state index in [-0.39, 0.29) is 17.5 Å². The molecule has 196 valence electrons. The summed E-state index contributed by atoms with van der Waals surface area (Å²) in [5, 5.41) is 3.99. The standard InChI is InChI=1S/C29H27Cl2N3O4/c1-38-27(36)25-9-4-20(17-32-25)26(35)34-14-10-19(11-15-34)18-2-6-22(7-3-18)33-28(37)29(12-13-29)21-5-8-23(30)24(31)16-21/h2-9,16-17,19H,10-15H2,1H3,(H,33,37). The molecule has 1 saturated heterocycles. The van der Waals surface area contributed by atoms with E-state index in [0.717, 1.165) is 36.9 Å². The largest absolute Gasteiger partial charge is 0.464 e. The Kier molecular flexibility index (Phi) is 7.41. The SMILES string of the molecule is COC(=O)c1ccc(C(=O)N2CCC(c3ccc(NC(=O)C4(c5ccc(Cl)c(Cl)c5)CC4)cc3)CC2)cn1. The van der Waals surface area contributed by atoms with Crippen molar-refractivity contribution in [1.82, 2.24) is 9.88 Å². The number of ether oxygens (including phenoxy) is 1. The number of carbonyl (C=O) groups is 3. The molecule has 2 aromatic carbocycles. The Balaban J connectivity index is 1.16. The molecule has 2 aliphatic rings. The predicted octanol–water partition coefficient (Wildman–Crippen LogP) is 5.87. The van der Waals surface area contributed by atoms with Gasteiger partial charge in [0.05, 0.1) is 28.1 Å². The van der Waals surface area contributed by atoms with E-state index in [0.29, 0.717) is 34.6 Å². The van der Waals surface area contributed by atoms with Gasteiger partial charge in [-0.05, 0) is 79.1 Å². The lowest BCUT2D eigenvalue weighted by molar-refractivity contribution is -0.118. The third kappa shape index (κ3) is 5.26. The lowest BCUT2D eigenvalue weighted by Crippen LogP contribution is -2.38. The second kappa shape index (κ2) is 10.8. The average molecular weight is 552 g/mol. The Labute approximate surface area is 231 Å². The molecular weight excluding hydrogens is 525 g/mol. The fourth-order valence-electron chi connectivity index (χ4n) is 5.00. The number of nitrogens with one attached hydrogen (secondary N) is 1. The van der Waals surface area contributed by atoms with E-state index in [9.17, 15) is 14.4 Å². The van der Waals surface area contributed by atoms with Gasteiger partial charge in [-0.25, -0.2) is 9.78 Å². The summed E-state index contributed by atoms with van der Waals surface area (Å²) in [7, 11) is 1.29. The molecule has 1 aromatic heterocycles. The van der Waals surface area contributed by atoms with E-state index in [1.54, 1.807) is 18.2 Å². The van der Waals surface area contributed by atoms with Gasteiger partial charge < -0.3 is 15.0 Å². The highest BCUT2D eigenvalue weighted by Gasteiger charge is 2.51. The van der Waals surface area contributed by atoms with Crippen LogP contribution in [0, 0.1) is 0 Å². The van der Waals surface area contributed by atoms with Crippen molar-refractivity contribution in [2.75, 3.05) is 25.5 Å². The van der Waals surface area contributed by atoms with E-state index < -0.39 is 11.4 Å². The first-order valence-corrected chi connectivity index (χ1v) is 13.3. The average Bonchev–Trinajstić information content (AvgIpc) is 3.77. The molecule has 3 aromatic rings. The minimum atomic E-state index is -0.554. The molecule has 1 N–H and O–H groups in total. The highest BCUT2D eigenvalue weighted by molar-refractivity contribution is 6.42. The Bertz CT molecular complexity index is 1360. The van der Waals surface area contributed by atoms with Crippen LogP contribution in [0.15, 0.2) is 60.8 Å². The van der Waals surface area contributed by atoms with Crippen molar-refractivity contribution in [1.29, 1.82) is 0 Å². The number of halogens is 2. The van der Waals surface area contributed by atoms with E-state index in [1.807, 2.05) is 35.2 Å². The van der Waals surface area contributed by atoms with Crippen molar-refractivity contribution in [3.63, 3.8) is 0 Å². The number of anilines is 1. The van der Waals surface area contributed by atoms with Crippen molar-refractivity contribution in [3.05, 3.63) is 93.2 Å². The van der Waals surface area contributed by atoms with Crippen LogP contribution in [-0.2, 0) is 14.9 Å². The molecule has 2 amide bonds. The van der Waals surface area contributed by atoms with Crippen molar-refractivity contribution >= 4 is 46.7 Å². The van der Waals surface area contributed by atoms with Crippen LogP contribution >= 0.6 is 23.2 Å². The third-order valence-corrected chi connectivity index (χ3v) is 8.22. The van der Waals surface area contributed by atoms with E-state index >= 15 is 0 Å². The minimum absolute atomic E-state index is 0.0374. The smallest absolute Gasteiger partial charge is 0.356 e. The van der Waals surface area contributed by atoms with Gasteiger partial charge in [-0.1, -0.05) is 41.4 Å². The Morgan fingerprint density at radius 3 is 2.26 bits per heavy atom. The van der Waals surface area contributed by atoms with E-state index in [4.69, 9.17) is 23.2 Å². The van der Waals surface area contributed by atoms with Gasteiger partial charge in [-0.3, -0.25) is 9.59 Å². The maximum Gasteiger partial charge on any atom is 0.356 e. The molecule has 7 nitrogen and oxygen atoms in total. The summed E-state index contributed by atoms with van der Waals surface area (Å²) in [5.41, 5.74) is 2.89. The van der Waals surface area contributed by atoms with Gasteiger partial charge in [-0.15, -0.1) is 0 Å². The molecule has 0 unspecified atom stereocenters. The number of hydrogen-bond acceptors (Lipinski definition) is 5. The zero-order chi connectivity index (χ0) is 26.9. The quantitative estimate of drug-likeness (QED) is 0.387. The summed E-state index contributed by atoms with van der Waals surface area (Å²) in [5.74, 6) is -0.338. The second-order valence-corrected chi connectivity index (χ2v) is 10.6. The number of carbonyl (C=O) groups excluding carboxylic acids is 3. The number of aromatic nitrogens is 1. The monoisotopic (exact) mass is 551 g/mol. The molecule has 0 atom stereocenters. The minimum Gasteiger partial charge on any atom is -0.464 e. The zero-order valence-electron chi connectivity index (χ0n) is 20.9. The highest BCUT2D eigenvalue weighted by atomic mass is 35.5. The van der Waals surface area contributed by atoms with Gasteiger partial charge >= 0.3 is 5.97 Å². The molecule has 1 saturated carbocycles. The second-order valence-electron chi connectivity index (χ2n) is 9.78. The summed E-state index contributed by atoms with van der Waals surface area (Å²) in [6.45, 7) is 1.26. The van der Waals surface area contributed by atoms with Crippen LogP contribution in [0.2, 0.25) is 10.0 Å². The van der Waals surface area contributed by atoms with Crippen LogP contribution in [0.25, 0.3) is 0 Å². The fourth-order valence-corrected chi connectivity index (χ4v) is 5.30. The number of pyridine rings is 1. The number of rotatable bonds is 6. The van der Waals surface area contributed by atoms with Crippen LogP contribution in [-0.4, -0.2) is 47.9 Å². The maximum atomic E-state index is 13.1. The van der Waals surface area contributed by atoms with Crippen molar-refractivity contribution < 1.29 is 19.1 Å². The fraction of sp³-hybridized carbons (Fsp3) is 0.310. The molecule has 0 spiro atoms. The molecule has 1 aliphatic carbocycles. The topological polar surface area (TPSA) is 88.6 Å². The Morgan fingerprint density at radius 1 is 0.974 bits per heavy atom. The van der Waals surface area contributed by atoms with Crippen LogP contribution in [0.1, 0.15) is 63.6 Å². The van der Waals surface area contributed by atoms with Crippen LogP contribution in [0.4, 0.5) is 5.69 Å².